The van der Waals surface area contributed by atoms with Crippen molar-refractivity contribution in [3.63, 3.8) is 0 Å². The third-order valence-electron chi connectivity index (χ3n) is 3.87. The van der Waals surface area contributed by atoms with Crippen molar-refractivity contribution in [3.8, 4) is 0 Å². The van der Waals surface area contributed by atoms with Crippen LogP contribution >= 0.6 is 0 Å². The van der Waals surface area contributed by atoms with E-state index in [1.165, 1.54) is 5.56 Å². The molecule has 0 radical (unpaired) electrons. The van der Waals surface area contributed by atoms with Gasteiger partial charge in [-0.1, -0.05) is 55.5 Å². The molecule has 23 heavy (non-hydrogen) atoms. The van der Waals surface area contributed by atoms with Gasteiger partial charge in [0, 0.05) is 25.2 Å². The Kier molecular flexibility index (Phi) is 6.82. The lowest BCUT2D eigenvalue weighted by atomic mass is 10.0. The van der Waals surface area contributed by atoms with Crippen molar-refractivity contribution in [1.82, 2.24) is 10.2 Å². The number of carbonyl (C=O) groups excluding carboxylic acids is 1. The number of rotatable bonds is 8. The highest BCUT2D eigenvalue weighted by molar-refractivity contribution is 5.94. The lowest BCUT2D eigenvalue weighted by Crippen LogP contribution is -2.43. The Bertz CT molecular complexity index is 583. The summed E-state index contributed by atoms with van der Waals surface area (Å²) >= 11 is 0. The van der Waals surface area contributed by atoms with Crippen LogP contribution in [-0.2, 0) is 6.42 Å². The highest BCUT2D eigenvalue weighted by Gasteiger charge is 2.17. The van der Waals surface area contributed by atoms with Crippen LogP contribution in [0.3, 0.4) is 0 Å². The van der Waals surface area contributed by atoms with E-state index in [9.17, 15) is 4.79 Å². The molecule has 1 N–H and O–H groups in total. The van der Waals surface area contributed by atoms with Gasteiger partial charge in [0.2, 0.25) is 0 Å². The molecule has 0 aliphatic carbocycles. The molecule has 0 aliphatic rings. The molecule has 0 saturated carbocycles. The fourth-order valence-electron chi connectivity index (χ4n) is 2.66. The van der Waals surface area contributed by atoms with E-state index in [4.69, 9.17) is 0 Å². The van der Waals surface area contributed by atoms with Crippen molar-refractivity contribution in [2.24, 2.45) is 0 Å². The van der Waals surface area contributed by atoms with Crippen LogP contribution in [0.25, 0.3) is 0 Å². The van der Waals surface area contributed by atoms with E-state index in [1.807, 2.05) is 48.3 Å². The maximum absolute atomic E-state index is 12.5. The van der Waals surface area contributed by atoms with Gasteiger partial charge in [-0.2, -0.15) is 0 Å². The van der Waals surface area contributed by atoms with Gasteiger partial charge in [-0.15, -0.1) is 0 Å². The SMILES string of the molecule is CCCNC(Cc1ccccc1)CN(C)C(=O)c1ccccc1. The van der Waals surface area contributed by atoms with Crippen molar-refractivity contribution in [2.75, 3.05) is 20.1 Å². The molecular formula is C20H26N2O. The summed E-state index contributed by atoms with van der Waals surface area (Å²) in [5.41, 5.74) is 2.03. The quantitative estimate of drug-likeness (QED) is 0.811. The second-order valence-corrected chi connectivity index (χ2v) is 5.89. The minimum atomic E-state index is 0.0713. The van der Waals surface area contributed by atoms with Gasteiger partial charge in [-0.05, 0) is 37.1 Å². The molecule has 2 aromatic carbocycles. The number of hydrogen-bond acceptors (Lipinski definition) is 2. The van der Waals surface area contributed by atoms with Gasteiger partial charge in [0.05, 0.1) is 0 Å². The summed E-state index contributed by atoms with van der Waals surface area (Å²) in [4.78, 5) is 14.3. The molecule has 3 nitrogen and oxygen atoms in total. The van der Waals surface area contributed by atoms with Gasteiger partial charge in [0.25, 0.3) is 5.91 Å². The van der Waals surface area contributed by atoms with Gasteiger partial charge in [-0.3, -0.25) is 4.79 Å². The molecule has 0 heterocycles. The van der Waals surface area contributed by atoms with Crippen LogP contribution in [0.15, 0.2) is 60.7 Å². The van der Waals surface area contributed by atoms with Crippen molar-refractivity contribution in [3.05, 3.63) is 71.8 Å². The Hall–Kier alpha value is -2.13. The predicted molar refractivity (Wildman–Crippen MR) is 95.6 cm³/mol. The lowest BCUT2D eigenvalue weighted by Gasteiger charge is -2.25. The Morgan fingerprint density at radius 2 is 1.65 bits per heavy atom. The zero-order chi connectivity index (χ0) is 16.5. The first-order valence-electron chi connectivity index (χ1n) is 8.28. The maximum Gasteiger partial charge on any atom is 0.253 e. The van der Waals surface area contributed by atoms with E-state index in [2.05, 4.69) is 36.5 Å². The van der Waals surface area contributed by atoms with E-state index in [0.717, 1.165) is 24.9 Å². The number of nitrogens with zero attached hydrogens (tertiary/aromatic N) is 1. The first kappa shape index (κ1) is 17.2. The monoisotopic (exact) mass is 310 g/mol. The molecule has 3 heteroatoms. The number of hydrogen-bond donors (Lipinski definition) is 1. The molecule has 0 saturated heterocycles. The fraction of sp³-hybridized carbons (Fsp3) is 0.350. The average Bonchev–Trinajstić information content (AvgIpc) is 2.60. The molecule has 0 aliphatic heterocycles. The number of amides is 1. The van der Waals surface area contributed by atoms with E-state index < -0.39 is 0 Å². The van der Waals surface area contributed by atoms with E-state index in [-0.39, 0.29) is 11.9 Å². The summed E-state index contributed by atoms with van der Waals surface area (Å²) in [5.74, 6) is 0.0713. The summed E-state index contributed by atoms with van der Waals surface area (Å²) in [6, 6.07) is 20.1. The average molecular weight is 310 g/mol. The van der Waals surface area contributed by atoms with Gasteiger partial charge in [0.15, 0.2) is 0 Å². The lowest BCUT2D eigenvalue weighted by molar-refractivity contribution is 0.0780. The predicted octanol–water partition coefficient (Wildman–Crippen LogP) is 3.37. The van der Waals surface area contributed by atoms with Crippen molar-refractivity contribution < 1.29 is 4.79 Å². The van der Waals surface area contributed by atoms with Crippen molar-refractivity contribution >= 4 is 5.91 Å². The molecule has 1 amide bonds. The number of carbonyl (C=O) groups is 1. The van der Waals surface area contributed by atoms with Crippen LogP contribution in [-0.4, -0.2) is 37.0 Å². The minimum absolute atomic E-state index is 0.0713. The number of likely N-dealkylation sites (N-methyl/N-ethyl adjacent to an activating group) is 1. The third-order valence-corrected chi connectivity index (χ3v) is 3.87. The standard InChI is InChI=1S/C20H26N2O/c1-3-14-21-19(15-17-10-6-4-7-11-17)16-22(2)20(23)18-12-8-5-9-13-18/h4-13,19,21H,3,14-16H2,1-2H3. The normalized spacial score (nSPS) is 11.9. The van der Waals surface area contributed by atoms with Crippen LogP contribution < -0.4 is 5.32 Å². The summed E-state index contributed by atoms with van der Waals surface area (Å²) in [5, 5.41) is 3.56. The molecule has 0 bridgehead atoms. The number of benzene rings is 2. The van der Waals surface area contributed by atoms with Gasteiger partial charge in [-0.25, -0.2) is 0 Å². The van der Waals surface area contributed by atoms with Crippen LogP contribution in [0, 0.1) is 0 Å². The molecule has 2 aromatic rings. The smallest absolute Gasteiger partial charge is 0.253 e. The third kappa shape index (κ3) is 5.53. The molecule has 1 unspecified atom stereocenters. The second-order valence-electron chi connectivity index (χ2n) is 5.89. The second kappa shape index (κ2) is 9.11. The van der Waals surface area contributed by atoms with Crippen molar-refractivity contribution in [1.29, 1.82) is 0 Å². The zero-order valence-corrected chi connectivity index (χ0v) is 14.0. The molecule has 0 fully saturated rings. The Labute approximate surface area is 139 Å². The zero-order valence-electron chi connectivity index (χ0n) is 14.0. The van der Waals surface area contributed by atoms with Crippen LogP contribution in [0.2, 0.25) is 0 Å². The van der Waals surface area contributed by atoms with Gasteiger partial charge in [0.1, 0.15) is 0 Å². The van der Waals surface area contributed by atoms with Crippen LogP contribution in [0.1, 0.15) is 29.3 Å². The summed E-state index contributed by atoms with van der Waals surface area (Å²) in [6.45, 7) is 3.82. The largest absolute Gasteiger partial charge is 0.340 e. The van der Waals surface area contributed by atoms with Crippen LogP contribution in [0.5, 0.6) is 0 Å². The first-order valence-corrected chi connectivity index (χ1v) is 8.28. The minimum Gasteiger partial charge on any atom is -0.340 e. The van der Waals surface area contributed by atoms with Crippen molar-refractivity contribution in [2.45, 2.75) is 25.8 Å². The first-order chi connectivity index (χ1) is 11.2. The number of nitrogens with one attached hydrogen (secondary N) is 1. The highest BCUT2D eigenvalue weighted by atomic mass is 16.2. The van der Waals surface area contributed by atoms with E-state index in [1.54, 1.807) is 0 Å². The molecular weight excluding hydrogens is 284 g/mol. The fourth-order valence-corrected chi connectivity index (χ4v) is 2.66. The highest BCUT2D eigenvalue weighted by Crippen LogP contribution is 2.07. The topological polar surface area (TPSA) is 32.3 Å². The van der Waals surface area contributed by atoms with Gasteiger partial charge < -0.3 is 10.2 Å². The summed E-state index contributed by atoms with van der Waals surface area (Å²) in [6.07, 6.45) is 2.01. The molecule has 2 rings (SSSR count). The Morgan fingerprint density at radius 1 is 1.04 bits per heavy atom. The summed E-state index contributed by atoms with van der Waals surface area (Å²) < 4.78 is 0. The van der Waals surface area contributed by atoms with E-state index >= 15 is 0 Å². The summed E-state index contributed by atoms with van der Waals surface area (Å²) in [7, 11) is 1.88. The van der Waals surface area contributed by atoms with Gasteiger partial charge >= 0.3 is 0 Å². The maximum atomic E-state index is 12.5. The Balaban J connectivity index is 2.00. The van der Waals surface area contributed by atoms with Crippen LogP contribution in [0.4, 0.5) is 0 Å². The molecule has 122 valence electrons. The molecule has 0 spiro atoms. The Morgan fingerprint density at radius 3 is 2.26 bits per heavy atom. The molecule has 0 aromatic heterocycles. The van der Waals surface area contributed by atoms with E-state index in [0.29, 0.717) is 6.54 Å². The molecule has 1 atom stereocenters.